The Morgan fingerprint density at radius 3 is 2.12 bits per heavy atom. The van der Waals surface area contributed by atoms with E-state index in [1.807, 2.05) is 97.9 Å². The molecular formula is C33H28N4O3S2. The molecule has 0 spiro atoms. The molecule has 0 saturated carbocycles. The molecule has 210 valence electrons. The van der Waals surface area contributed by atoms with Crippen molar-refractivity contribution < 1.29 is 13.2 Å². The van der Waals surface area contributed by atoms with Crippen molar-refractivity contribution in [3.05, 3.63) is 143 Å². The number of aliphatic imine (C=N–C) groups is 1. The molecule has 0 bridgehead atoms. The molecule has 0 radical (unpaired) electrons. The number of hydrogen-bond donors (Lipinski definition) is 1. The van der Waals surface area contributed by atoms with Gasteiger partial charge in [0.25, 0.3) is 5.91 Å². The van der Waals surface area contributed by atoms with E-state index in [9.17, 15) is 13.2 Å². The van der Waals surface area contributed by atoms with Gasteiger partial charge in [-0.05, 0) is 54.0 Å². The Labute approximate surface area is 250 Å². The maximum absolute atomic E-state index is 14.7. The third kappa shape index (κ3) is 4.80. The molecule has 1 unspecified atom stereocenters. The molecule has 7 nitrogen and oxygen atoms in total. The Bertz CT molecular complexity index is 1770. The molecule has 9 heteroatoms. The topological polar surface area (TPSA) is 82.1 Å². The summed E-state index contributed by atoms with van der Waals surface area (Å²) in [6, 6.07) is 33.5. The van der Waals surface area contributed by atoms with Crippen LogP contribution in [-0.4, -0.2) is 41.5 Å². The van der Waals surface area contributed by atoms with Crippen molar-refractivity contribution in [2.75, 3.05) is 5.88 Å². The van der Waals surface area contributed by atoms with Crippen LogP contribution < -0.4 is 5.32 Å². The lowest BCUT2D eigenvalue weighted by Gasteiger charge is -2.38. The van der Waals surface area contributed by atoms with E-state index in [-0.39, 0.29) is 15.9 Å². The first-order valence-corrected chi connectivity index (χ1v) is 15.5. The Kier molecular flexibility index (Phi) is 7.22. The van der Waals surface area contributed by atoms with Gasteiger partial charge in [-0.25, -0.2) is 8.42 Å². The largest absolute Gasteiger partial charge is 0.341 e. The highest BCUT2D eigenvalue weighted by molar-refractivity contribution is 7.91. The summed E-state index contributed by atoms with van der Waals surface area (Å²) in [5.74, 6) is -0.686. The molecule has 4 aromatic rings. The predicted octanol–water partition coefficient (Wildman–Crippen LogP) is 5.40. The fourth-order valence-corrected chi connectivity index (χ4v) is 6.73. The molecular weight excluding hydrogens is 565 g/mol. The second-order valence-electron chi connectivity index (χ2n) is 10.2. The van der Waals surface area contributed by atoms with E-state index in [0.29, 0.717) is 0 Å². The van der Waals surface area contributed by atoms with Crippen LogP contribution in [0.4, 0.5) is 0 Å². The minimum absolute atomic E-state index is 0.205. The van der Waals surface area contributed by atoms with E-state index in [2.05, 4.69) is 10.3 Å². The smallest absolute Gasteiger partial charge is 0.265 e. The lowest BCUT2D eigenvalue weighted by Crippen LogP contribution is -2.47. The summed E-state index contributed by atoms with van der Waals surface area (Å²) in [6.07, 6.45) is 4.46. The molecule has 0 aromatic heterocycles. The number of thiocarbonyl (C=S) groups is 1. The molecule has 42 heavy (non-hydrogen) atoms. The van der Waals surface area contributed by atoms with Crippen LogP contribution in [0.2, 0.25) is 0 Å². The quantitative estimate of drug-likeness (QED) is 0.176. The number of rotatable bonds is 7. The standard InChI is InChI=1S/C33H28N4O3S2/c1-24-16-18-28(19-17-24)42(39,40)23-34-22-36-21-20-25-10-8-9-15-29(25)30(36)37-31(38)33(35-32(37)41,26-11-4-2-5-12-26)27-13-6-3-7-14-27/h2-22,30H,23H2,1H3,(H,35,41)/b34-22+. The molecule has 1 fully saturated rings. The monoisotopic (exact) mass is 592 g/mol. The predicted molar refractivity (Wildman–Crippen MR) is 168 cm³/mol. The molecule has 1 amide bonds. The van der Waals surface area contributed by atoms with E-state index >= 15 is 0 Å². The number of fused-ring (bicyclic) bond motifs is 1. The van der Waals surface area contributed by atoms with E-state index < -0.39 is 27.4 Å². The first-order valence-electron chi connectivity index (χ1n) is 13.4. The molecule has 4 aromatic carbocycles. The minimum atomic E-state index is -3.65. The van der Waals surface area contributed by atoms with Crippen LogP contribution >= 0.6 is 12.2 Å². The average Bonchev–Trinajstić information content (AvgIpc) is 3.28. The van der Waals surface area contributed by atoms with Gasteiger partial charge < -0.3 is 10.2 Å². The summed E-state index contributed by atoms with van der Waals surface area (Å²) in [5.41, 5.74) is 3.01. The SMILES string of the molecule is Cc1ccc(S(=O)(=O)C/N=C/N2C=Cc3ccccc3C2N2C(=O)C(c3ccccc3)(c3ccccc3)NC2=S)cc1. The van der Waals surface area contributed by atoms with E-state index in [4.69, 9.17) is 12.2 Å². The molecule has 6 rings (SSSR count). The van der Waals surface area contributed by atoms with Gasteiger partial charge in [-0.3, -0.25) is 14.7 Å². The van der Waals surface area contributed by atoms with E-state index in [1.54, 1.807) is 40.3 Å². The van der Waals surface area contributed by atoms with Crippen LogP contribution in [0.3, 0.4) is 0 Å². The number of benzene rings is 4. The normalized spacial score (nSPS) is 17.9. The molecule has 2 aliphatic heterocycles. The first kappa shape index (κ1) is 27.6. The van der Waals surface area contributed by atoms with Gasteiger partial charge in [0.2, 0.25) is 0 Å². The van der Waals surface area contributed by atoms with Crippen LogP contribution in [0.15, 0.2) is 125 Å². The number of amides is 1. The van der Waals surface area contributed by atoms with Gasteiger partial charge in [-0.15, -0.1) is 0 Å². The highest BCUT2D eigenvalue weighted by Gasteiger charge is 2.55. The second kappa shape index (κ2) is 11.0. The number of nitrogens with one attached hydrogen (secondary N) is 1. The second-order valence-corrected chi connectivity index (χ2v) is 12.6. The van der Waals surface area contributed by atoms with Crippen molar-refractivity contribution in [2.45, 2.75) is 23.5 Å². The van der Waals surface area contributed by atoms with Crippen LogP contribution in [0, 0.1) is 6.92 Å². The Balaban J connectivity index is 1.40. The molecule has 0 aliphatic carbocycles. The van der Waals surface area contributed by atoms with Crippen molar-refractivity contribution in [2.24, 2.45) is 4.99 Å². The zero-order valence-electron chi connectivity index (χ0n) is 22.8. The number of aryl methyl sites for hydroxylation is 1. The Morgan fingerprint density at radius 1 is 0.881 bits per heavy atom. The van der Waals surface area contributed by atoms with Gasteiger partial charge in [-0.2, -0.15) is 0 Å². The lowest BCUT2D eigenvalue weighted by molar-refractivity contribution is -0.133. The van der Waals surface area contributed by atoms with Crippen LogP contribution in [-0.2, 0) is 20.2 Å². The summed E-state index contributed by atoms with van der Waals surface area (Å²) < 4.78 is 26.0. The van der Waals surface area contributed by atoms with E-state index in [1.165, 1.54) is 6.34 Å². The minimum Gasteiger partial charge on any atom is -0.341 e. The van der Waals surface area contributed by atoms with Gasteiger partial charge in [0.05, 0.1) is 11.2 Å². The molecule has 2 aliphatic rings. The number of nitrogens with zero attached hydrogens (tertiary/aromatic N) is 3. The van der Waals surface area contributed by atoms with Crippen LogP contribution in [0.1, 0.15) is 34.0 Å². The van der Waals surface area contributed by atoms with Gasteiger partial charge in [0.1, 0.15) is 12.0 Å². The van der Waals surface area contributed by atoms with Gasteiger partial charge in [0.15, 0.2) is 20.5 Å². The number of carbonyl (C=O) groups is 1. The fraction of sp³-hybridized carbons (Fsp3) is 0.121. The Morgan fingerprint density at radius 2 is 1.48 bits per heavy atom. The van der Waals surface area contributed by atoms with Crippen molar-refractivity contribution >= 4 is 45.5 Å². The zero-order chi connectivity index (χ0) is 29.3. The van der Waals surface area contributed by atoms with Gasteiger partial charge in [-0.1, -0.05) is 103 Å². The van der Waals surface area contributed by atoms with Crippen molar-refractivity contribution in [3.63, 3.8) is 0 Å². The summed E-state index contributed by atoms with van der Waals surface area (Å²) >= 11 is 5.88. The first-order chi connectivity index (χ1) is 20.3. The summed E-state index contributed by atoms with van der Waals surface area (Å²) in [6.45, 7) is 1.90. The summed E-state index contributed by atoms with van der Waals surface area (Å²) in [7, 11) is -3.65. The molecule has 1 saturated heterocycles. The maximum Gasteiger partial charge on any atom is 0.265 e. The zero-order valence-corrected chi connectivity index (χ0v) is 24.4. The average molecular weight is 593 g/mol. The van der Waals surface area contributed by atoms with Crippen molar-refractivity contribution in [1.29, 1.82) is 0 Å². The molecule has 1 atom stereocenters. The summed E-state index contributed by atoms with van der Waals surface area (Å²) in [4.78, 5) is 22.5. The molecule has 1 N–H and O–H groups in total. The third-order valence-corrected chi connectivity index (χ3v) is 9.31. The van der Waals surface area contributed by atoms with Crippen LogP contribution in [0.25, 0.3) is 6.08 Å². The highest BCUT2D eigenvalue weighted by Crippen LogP contribution is 2.42. The third-order valence-electron chi connectivity index (χ3n) is 7.53. The fourth-order valence-electron chi connectivity index (χ4n) is 5.43. The van der Waals surface area contributed by atoms with E-state index in [0.717, 1.165) is 27.8 Å². The van der Waals surface area contributed by atoms with Crippen molar-refractivity contribution in [1.82, 2.24) is 15.1 Å². The number of sulfone groups is 1. The Hall–Kier alpha value is -4.60. The van der Waals surface area contributed by atoms with Gasteiger partial charge >= 0.3 is 0 Å². The number of hydrogen-bond acceptors (Lipinski definition) is 5. The van der Waals surface area contributed by atoms with Crippen molar-refractivity contribution in [3.8, 4) is 0 Å². The number of carbonyl (C=O) groups excluding carboxylic acids is 1. The maximum atomic E-state index is 14.7. The van der Waals surface area contributed by atoms with Crippen LogP contribution in [0.5, 0.6) is 0 Å². The van der Waals surface area contributed by atoms with Gasteiger partial charge in [0, 0.05) is 11.8 Å². The summed E-state index contributed by atoms with van der Waals surface area (Å²) in [5, 5.41) is 3.63. The highest BCUT2D eigenvalue weighted by atomic mass is 32.2. The lowest BCUT2D eigenvalue weighted by atomic mass is 9.82. The molecule has 2 heterocycles.